The number of para-hydroxylation sites is 1. The van der Waals surface area contributed by atoms with Crippen molar-refractivity contribution in [3.63, 3.8) is 0 Å². The van der Waals surface area contributed by atoms with E-state index in [4.69, 9.17) is 4.52 Å². The number of aryl methyl sites for hydroxylation is 3. The van der Waals surface area contributed by atoms with Crippen molar-refractivity contribution in [1.82, 2.24) is 30.3 Å². The van der Waals surface area contributed by atoms with E-state index in [-0.39, 0.29) is 5.25 Å². The smallest absolute Gasteiger partial charge is 0.239 e. The third-order valence-electron chi connectivity index (χ3n) is 3.68. The first-order chi connectivity index (χ1) is 11.6. The molecule has 0 N–H and O–H groups in total. The van der Waals surface area contributed by atoms with E-state index in [2.05, 4.69) is 58.6 Å². The molecule has 0 amide bonds. The third-order valence-corrected chi connectivity index (χ3v) is 4.70. The number of tetrazole rings is 1. The van der Waals surface area contributed by atoms with E-state index in [1.807, 2.05) is 13.0 Å². The molecule has 24 heavy (non-hydrogen) atoms. The second-order valence-corrected chi connectivity index (χ2v) is 6.98. The Balaban J connectivity index is 1.85. The van der Waals surface area contributed by atoms with Gasteiger partial charge in [0.05, 0.1) is 10.9 Å². The maximum atomic E-state index is 5.36. The molecule has 0 fully saturated rings. The van der Waals surface area contributed by atoms with E-state index in [0.717, 1.165) is 35.5 Å². The Bertz CT molecular complexity index is 807. The second kappa shape index (κ2) is 7.12. The summed E-state index contributed by atoms with van der Waals surface area (Å²) in [5, 5.41) is 16.8. The van der Waals surface area contributed by atoms with Gasteiger partial charge in [-0.1, -0.05) is 42.0 Å². The van der Waals surface area contributed by atoms with Gasteiger partial charge in [0.1, 0.15) is 0 Å². The topological polar surface area (TPSA) is 82.5 Å². The predicted molar refractivity (Wildman–Crippen MR) is 91.2 cm³/mol. The zero-order valence-corrected chi connectivity index (χ0v) is 15.0. The molecule has 0 radical (unpaired) electrons. The lowest BCUT2D eigenvalue weighted by Crippen LogP contribution is -2.04. The minimum Gasteiger partial charge on any atom is -0.338 e. The van der Waals surface area contributed by atoms with Crippen LogP contribution in [0, 0.1) is 13.8 Å². The Hall–Kier alpha value is -2.22. The first-order valence-electron chi connectivity index (χ1n) is 7.94. The monoisotopic (exact) mass is 344 g/mol. The Morgan fingerprint density at radius 3 is 2.71 bits per heavy atom. The fourth-order valence-corrected chi connectivity index (χ4v) is 3.32. The van der Waals surface area contributed by atoms with Gasteiger partial charge in [-0.05, 0) is 48.7 Å². The first-order valence-corrected chi connectivity index (χ1v) is 8.82. The number of aromatic nitrogens is 6. The molecule has 8 heteroatoms. The molecule has 0 spiro atoms. The molecule has 2 aromatic heterocycles. The molecular formula is C16H20N6OS. The Kier molecular flexibility index (Phi) is 4.94. The molecule has 0 aliphatic heterocycles. The van der Waals surface area contributed by atoms with Crippen molar-refractivity contribution in [2.75, 3.05) is 0 Å². The predicted octanol–water partition coefficient (Wildman–Crippen LogP) is 3.47. The fraction of sp³-hybridized carbons (Fsp3) is 0.438. The summed E-state index contributed by atoms with van der Waals surface area (Å²) in [7, 11) is 0. The van der Waals surface area contributed by atoms with Gasteiger partial charge in [0.2, 0.25) is 11.0 Å². The Morgan fingerprint density at radius 1 is 1.25 bits per heavy atom. The summed E-state index contributed by atoms with van der Waals surface area (Å²) in [6.07, 6.45) is 1.81. The summed E-state index contributed by atoms with van der Waals surface area (Å²) < 4.78 is 7.13. The van der Waals surface area contributed by atoms with Gasteiger partial charge in [-0.2, -0.15) is 9.67 Å². The van der Waals surface area contributed by atoms with E-state index in [9.17, 15) is 0 Å². The molecule has 0 saturated heterocycles. The van der Waals surface area contributed by atoms with Crippen LogP contribution >= 0.6 is 11.8 Å². The van der Waals surface area contributed by atoms with Crippen LogP contribution in [-0.4, -0.2) is 30.3 Å². The molecule has 0 bridgehead atoms. The number of thioether (sulfide) groups is 1. The molecule has 1 atom stereocenters. The van der Waals surface area contributed by atoms with Gasteiger partial charge in [-0.3, -0.25) is 0 Å². The van der Waals surface area contributed by atoms with Crippen LogP contribution in [0.15, 0.2) is 27.9 Å². The second-order valence-electron chi connectivity index (χ2n) is 5.67. The standard InChI is InChI=1S/C16H20N6OS/c1-5-7-13-17-15(23-19-13)12(4)24-16-18-20-21-22(16)14-10(2)8-6-9-11(14)3/h6,8-9,12H,5,7H2,1-4H3/t12-/m1/s1. The van der Waals surface area contributed by atoms with Gasteiger partial charge >= 0.3 is 0 Å². The highest BCUT2D eigenvalue weighted by Gasteiger charge is 2.20. The summed E-state index contributed by atoms with van der Waals surface area (Å²) in [5.41, 5.74) is 3.26. The van der Waals surface area contributed by atoms with Crippen LogP contribution in [0.3, 0.4) is 0 Å². The number of hydrogen-bond donors (Lipinski definition) is 0. The highest BCUT2D eigenvalue weighted by Crippen LogP contribution is 2.34. The van der Waals surface area contributed by atoms with Crippen LogP contribution in [0.1, 0.15) is 48.4 Å². The van der Waals surface area contributed by atoms with Gasteiger partial charge < -0.3 is 4.52 Å². The van der Waals surface area contributed by atoms with Gasteiger partial charge in [-0.15, -0.1) is 5.10 Å². The summed E-state index contributed by atoms with van der Waals surface area (Å²) in [4.78, 5) is 4.44. The van der Waals surface area contributed by atoms with Crippen molar-refractivity contribution in [3.8, 4) is 5.69 Å². The lowest BCUT2D eigenvalue weighted by molar-refractivity contribution is 0.374. The Labute approximate surface area is 144 Å². The average molecular weight is 344 g/mol. The average Bonchev–Trinajstić information content (AvgIpc) is 3.18. The first kappa shape index (κ1) is 16.6. The SMILES string of the molecule is CCCc1noc([C@@H](C)Sc2nnnn2-c2c(C)cccc2C)n1. The zero-order valence-electron chi connectivity index (χ0n) is 14.2. The summed E-state index contributed by atoms with van der Waals surface area (Å²) in [5.74, 6) is 1.34. The number of hydrogen-bond acceptors (Lipinski definition) is 7. The van der Waals surface area contributed by atoms with Crippen molar-refractivity contribution in [2.45, 2.75) is 50.9 Å². The zero-order chi connectivity index (χ0) is 17.1. The summed E-state index contributed by atoms with van der Waals surface area (Å²) >= 11 is 1.50. The van der Waals surface area contributed by atoms with Crippen LogP contribution in [0.4, 0.5) is 0 Å². The minimum atomic E-state index is -0.0304. The minimum absolute atomic E-state index is 0.0304. The van der Waals surface area contributed by atoms with Crippen LogP contribution in [-0.2, 0) is 6.42 Å². The normalized spacial score (nSPS) is 12.5. The van der Waals surface area contributed by atoms with Crippen LogP contribution in [0.25, 0.3) is 5.69 Å². The van der Waals surface area contributed by atoms with E-state index in [1.165, 1.54) is 11.8 Å². The van der Waals surface area contributed by atoms with Crippen LogP contribution in [0.2, 0.25) is 0 Å². The van der Waals surface area contributed by atoms with E-state index < -0.39 is 0 Å². The number of benzene rings is 1. The molecule has 3 aromatic rings. The lowest BCUT2D eigenvalue weighted by Gasteiger charge is -2.11. The fourth-order valence-electron chi connectivity index (χ4n) is 2.50. The molecule has 0 aliphatic carbocycles. The number of rotatable bonds is 6. The molecule has 0 saturated carbocycles. The van der Waals surface area contributed by atoms with Crippen molar-refractivity contribution < 1.29 is 4.52 Å². The Morgan fingerprint density at radius 2 is 2.00 bits per heavy atom. The molecule has 0 aliphatic rings. The van der Waals surface area contributed by atoms with Gasteiger partial charge in [0.25, 0.3) is 0 Å². The van der Waals surface area contributed by atoms with Crippen LogP contribution in [0.5, 0.6) is 0 Å². The van der Waals surface area contributed by atoms with Crippen molar-refractivity contribution in [2.24, 2.45) is 0 Å². The maximum Gasteiger partial charge on any atom is 0.239 e. The van der Waals surface area contributed by atoms with Crippen molar-refractivity contribution >= 4 is 11.8 Å². The van der Waals surface area contributed by atoms with E-state index in [1.54, 1.807) is 4.68 Å². The molecule has 126 valence electrons. The lowest BCUT2D eigenvalue weighted by atomic mass is 10.1. The van der Waals surface area contributed by atoms with Crippen molar-refractivity contribution in [3.05, 3.63) is 41.0 Å². The third kappa shape index (κ3) is 3.33. The highest BCUT2D eigenvalue weighted by atomic mass is 32.2. The maximum absolute atomic E-state index is 5.36. The quantitative estimate of drug-likeness (QED) is 0.633. The van der Waals surface area contributed by atoms with Gasteiger partial charge in [-0.25, -0.2) is 0 Å². The summed E-state index contributed by atoms with van der Waals surface area (Å²) in [6.45, 7) is 8.21. The van der Waals surface area contributed by atoms with Crippen molar-refractivity contribution in [1.29, 1.82) is 0 Å². The largest absolute Gasteiger partial charge is 0.338 e. The van der Waals surface area contributed by atoms with Crippen LogP contribution < -0.4 is 0 Å². The highest BCUT2D eigenvalue weighted by molar-refractivity contribution is 7.99. The molecule has 2 heterocycles. The molecule has 3 rings (SSSR count). The van der Waals surface area contributed by atoms with Gasteiger partial charge in [0.15, 0.2) is 5.82 Å². The molecule has 7 nitrogen and oxygen atoms in total. The van der Waals surface area contributed by atoms with Gasteiger partial charge in [0, 0.05) is 6.42 Å². The molecular weight excluding hydrogens is 324 g/mol. The molecule has 1 aromatic carbocycles. The number of nitrogens with zero attached hydrogens (tertiary/aromatic N) is 6. The summed E-state index contributed by atoms with van der Waals surface area (Å²) in [6, 6.07) is 6.13. The van der Waals surface area contributed by atoms with E-state index in [0.29, 0.717) is 11.0 Å². The molecule has 0 unspecified atom stereocenters. The van der Waals surface area contributed by atoms with E-state index >= 15 is 0 Å².